The lowest BCUT2D eigenvalue weighted by atomic mass is 10.2. The van der Waals surface area contributed by atoms with Crippen molar-refractivity contribution in [3.63, 3.8) is 0 Å². The Kier molecular flexibility index (Phi) is 5.03. The van der Waals surface area contributed by atoms with Gasteiger partial charge in [-0.05, 0) is 12.1 Å². The van der Waals surface area contributed by atoms with Crippen LogP contribution in [0.1, 0.15) is 10.4 Å². The molecule has 8 nitrogen and oxygen atoms in total. The largest absolute Gasteiger partial charge is 0.336 e. The monoisotopic (exact) mass is 399 g/mol. The lowest BCUT2D eigenvalue weighted by molar-refractivity contribution is -0.380. The lowest BCUT2D eigenvalue weighted by Gasteiger charge is -2.33. The van der Waals surface area contributed by atoms with Gasteiger partial charge in [0.25, 0.3) is 5.91 Å². The second-order valence-corrected chi connectivity index (χ2v) is 8.35. The molecular formula is C15H14FN3O5S2. The molecule has 1 aliphatic heterocycles. The molecular weight excluding hydrogens is 385 g/mol. The molecule has 0 bridgehead atoms. The number of rotatable bonds is 4. The molecule has 0 spiro atoms. The van der Waals surface area contributed by atoms with Gasteiger partial charge in [-0.2, -0.15) is 4.31 Å². The van der Waals surface area contributed by atoms with Crippen LogP contribution < -0.4 is 0 Å². The molecule has 0 unspecified atom stereocenters. The molecule has 1 aliphatic rings. The maximum absolute atomic E-state index is 13.8. The van der Waals surface area contributed by atoms with Crippen molar-refractivity contribution in [3.05, 3.63) is 57.2 Å². The summed E-state index contributed by atoms with van der Waals surface area (Å²) < 4.78 is 40.0. The summed E-state index contributed by atoms with van der Waals surface area (Å²) in [5.41, 5.74) is 0.201. The molecule has 3 rings (SSSR count). The molecule has 2 heterocycles. The van der Waals surface area contributed by atoms with Gasteiger partial charge < -0.3 is 4.90 Å². The third-order valence-corrected chi connectivity index (χ3v) is 6.80. The van der Waals surface area contributed by atoms with E-state index in [1.807, 2.05) is 0 Å². The first kappa shape index (κ1) is 18.4. The van der Waals surface area contributed by atoms with Crippen molar-refractivity contribution in [1.82, 2.24) is 9.21 Å². The van der Waals surface area contributed by atoms with Crippen molar-refractivity contribution < 1.29 is 22.5 Å². The number of carbonyl (C=O) groups excluding carboxylic acids is 1. The van der Waals surface area contributed by atoms with Gasteiger partial charge in [0.2, 0.25) is 10.0 Å². The molecule has 26 heavy (non-hydrogen) atoms. The Hall–Kier alpha value is -2.37. The molecule has 2 aromatic rings. The highest BCUT2D eigenvalue weighted by atomic mass is 32.2. The number of hydrogen-bond acceptors (Lipinski definition) is 6. The zero-order valence-corrected chi connectivity index (χ0v) is 15.0. The van der Waals surface area contributed by atoms with E-state index in [0.717, 1.165) is 21.7 Å². The first-order valence-corrected chi connectivity index (χ1v) is 9.89. The van der Waals surface area contributed by atoms with E-state index in [1.165, 1.54) is 34.5 Å². The highest BCUT2D eigenvalue weighted by molar-refractivity contribution is 7.89. The van der Waals surface area contributed by atoms with Crippen LogP contribution in [0.5, 0.6) is 0 Å². The Morgan fingerprint density at radius 3 is 2.42 bits per heavy atom. The summed E-state index contributed by atoms with van der Waals surface area (Å²) in [4.78, 5) is 23.6. The fourth-order valence-corrected chi connectivity index (χ4v) is 4.82. The second kappa shape index (κ2) is 7.09. The predicted octanol–water partition coefficient (Wildman–Crippen LogP) is 1.94. The van der Waals surface area contributed by atoms with Gasteiger partial charge >= 0.3 is 5.00 Å². The zero-order chi connectivity index (χ0) is 18.9. The summed E-state index contributed by atoms with van der Waals surface area (Å²) in [6.07, 6.45) is 0. The maximum atomic E-state index is 13.8. The fourth-order valence-electron chi connectivity index (χ4n) is 2.64. The number of benzene rings is 1. The number of piperazine rings is 1. The quantitative estimate of drug-likeness (QED) is 0.578. The van der Waals surface area contributed by atoms with Gasteiger partial charge in [-0.15, -0.1) is 0 Å². The number of sulfonamides is 1. The van der Waals surface area contributed by atoms with Crippen molar-refractivity contribution in [3.8, 4) is 0 Å². The summed E-state index contributed by atoms with van der Waals surface area (Å²) in [6.45, 7) is 0.287. The van der Waals surface area contributed by atoms with E-state index in [1.54, 1.807) is 0 Å². The third-order valence-electron chi connectivity index (χ3n) is 3.99. The Morgan fingerprint density at radius 1 is 1.19 bits per heavy atom. The van der Waals surface area contributed by atoms with Gasteiger partial charge in [-0.1, -0.05) is 23.5 Å². The average molecular weight is 399 g/mol. The van der Waals surface area contributed by atoms with Crippen molar-refractivity contribution in [2.75, 3.05) is 26.2 Å². The summed E-state index contributed by atoms with van der Waals surface area (Å²) >= 11 is 0.859. The molecule has 1 fully saturated rings. The van der Waals surface area contributed by atoms with Crippen molar-refractivity contribution in [2.24, 2.45) is 0 Å². The molecule has 1 aromatic carbocycles. The average Bonchev–Trinajstić information content (AvgIpc) is 3.12. The predicted molar refractivity (Wildman–Crippen MR) is 92.0 cm³/mol. The number of nitro groups is 1. The van der Waals surface area contributed by atoms with Gasteiger partial charge in [0.15, 0.2) is 0 Å². The summed E-state index contributed by atoms with van der Waals surface area (Å²) in [6, 6.07) is 6.34. The number of nitrogens with zero attached hydrogens (tertiary/aromatic N) is 3. The topological polar surface area (TPSA) is 101 Å². The highest BCUT2D eigenvalue weighted by Gasteiger charge is 2.32. The molecule has 0 saturated carbocycles. The van der Waals surface area contributed by atoms with E-state index in [-0.39, 0.29) is 36.7 Å². The standard InChI is InChI=1S/C15H14FN3O5S2/c16-12-3-1-2-4-13(12)26(23,24)18-7-5-17(6-8-18)15(20)11-9-14(19(21)22)25-10-11/h1-4,9-10H,5-8H2. The van der Waals surface area contributed by atoms with Crippen LogP contribution in [0.3, 0.4) is 0 Å². The highest BCUT2D eigenvalue weighted by Crippen LogP contribution is 2.25. The summed E-state index contributed by atoms with van der Waals surface area (Å²) in [7, 11) is -3.98. The Bertz CT molecular complexity index is 952. The zero-order valence-electron chi connectivity index (χ0n) is 13.4. The van der Waals surface area contributed by atoms with Crippen molar-refractivity contribution in [1.29, 1.82) is 0 Å². The minimum Gasteiger partial charge on any atom is -0.336 e. The summed E-state index contributed by atoms with van der Waals surface area (Å²) in [5.74, 6) is -1.21. The molecule has 0 aliphatic carbocycles. The van der Waals surface area contributed by atoms with Crippen LogP contribution in [0.4, 0.5) is 9.39 Å². The fraction of sp³-hybridized carbons (Fsp3) is 0.267. The SMILES string of the molecule is O=C(c1csc([N+](=O)[O-])c1)N1CCN(S(=O)(=O)c2ccccc2F)CC1. The first-order valence-electron chi connectivity index (χ1n) is 7.57. The van der Waals surface area contributed by atoms with Crippen LogP contribution in [0.15, 0.2) is 40.6 Å². The summed E-state index contributed by atoms with van der Waals surface area (Å²) in [5, 5.41) is 12.0. The Balaban J connectivity index is 1.70. The normalized spacial score (nSPS) is 15.8. The van der Waals surface area contributed by atoms with Gasteiger partial charge in [0, 0.05) is 37.6 Å². The van der Waals surface area contributed by atoms with E-state index < -0.39 is 31.6 Å². The Morgan fingerprint density at radius 2 is 1.85 bits per heavy atom. The third kappa shape index (κ3) is 3.45. The number of amides is 1. The molecule has 1 amide bonds. The van der Waals surface area contributed by atoms with Crippen LogP contribution >= 0.6 is 11.3 Å². The molecule has 1 aromatic heterocycles. The van der Waals surface area contributed by atoms with Gasteiger partial charge in [-0.25, -0.2) is 12.8 Å². The van der Waals surface area contributed by atoms with E-state index in [9.17, 15) is 27.7 Å². The van der Waals surface area contributed by atoms with E-state index in [4.69, 9.17) is 0 Å². The van der Waals surface area contributed by atoms with Crippen LogP contribution in [0.2, 0.25) is 0 Å². The number of carbonyl (C=O) groups is 1. The van der Waals surface area contributed by atoms with Crippen LogP contribution in [-0.2, 0) is 10.0 Å². The minimum atomic E-state index is -3.98. The van der Waals surface area contributed by atoms with Gasteiger partial charge in [0.05, 0.1) is 10.5 Å². The van der Waals surface area contributed by atoms with E-state index >= 15 is 0 Å². The van der Waals surface area contributed by atoms with Crippen LogP contribution in [-0.4, -0.2) is 54.6 Å². The first-order chi connectivity index (χ1) is 12.3. The van der Waals surface area contributed by atoms with E-state index in [0.29, 0.717) is 0 Å². The molecule has 0 N–H and O–H groups in total. The van der Waals surface area contributed by atoms with Gasteiger partial charge in [0.1, 0.15) is 10.7 Å². The number of halogens is 1. The molecule has 0 radical (unpaired) electrons. The van der Waals surface area contributed by atoms with E-state index in [2.05, 4.69) is 0 Å². The minimum absolute atomic E-state index is 0.0225. The van der Waals surface area contributed by atoms with Gasteiger partial charge in [-0.3, -0.25) is 14.9 Å². The van der Waals surface area contributed by atoms with Crippen LogP contribution in [0, 0.1) is 15.9 Å². The maximum Gasteiger partial charge on any atom is 0.324 e. The molecule has 0 atom stereocenters. The Labute approximate surface area is 152 Å². The number of hydrogen-bond donors (Lipinski definition) is 0. The lowest BCUT2D eigenvalue weighted by Crippen LogP contribution is -2.50. The number of thiophene rings is 1. The van der Waals surface area contributed by atoms with Crippen LogP contribution in [0.25, 0.3) is 0 Å². The molecule has 138 valence electrons. The molecule has 11 heteroatoms. The second-order valence-electron chi connectivity index (χ2n) is 5.56. The molecule has 1 saturated heterocycles. The van der Waals surface area contributed by atoms with Crippen molar-refractivity contribution in [2.45, 2.75) is 4.90 Å². The van der Waals surface area contributed by atoms with Crippen molar-refractivity contribution >= 4 is 32.3 Å². The smallest absolute Gasteiger partial charge is 0.324 e.